The summed E-state index contributed by atoms with van der Waals surface area (Å²) in [5.74, 6) is 0.244. The number of nitrogens with zero attached hydrogens (tertiary/aromatic N) is 2. The zero-order chi connectivity index (χ0) is 15.1. The molecule has 0 unspecified atom stereocenters. The molecule has 4 heteroatoms. The molecule has 0 aromatic heterocycles. The number of nitrogens with one attached hydrogen (secondary N) is 1. The minimum Gasteiger partial charge on any atom is -0.384 e. The van der Waals surface area contributed by atoms with Crippen LogP contribution in [0.5, 0.6) is 0 Å². The quantitative estimate of drug-likeness (QED) is 0.864. The van der Waals surface area contributed by atoms with Crippen molar-refractivity contribution in [1.29, 1.82) is 0 Å². The summed E-state index contributed by atoms with van der Waals surface area (Å²) in [5.41, 5.74) is 3.28. The smallest absolute Gasteiger partial charge is 0.256 e. The molecule has 4 nitrogen and oxygen atoms in total. The summed E-state index contributed by atoms with van der Waals surface area (Å²) in [6.45, 7) is 3.10. The summed E-state index contributed by atoms with van der Waals surface area (Å²) >= 11 is 0. The zero-order valence-corrected chi connectivity index (χ0v) is 13.3. The number of amides is 1. The second kappa shape index (κ2) is 5.58. The molecule has 0 radical (unpaired) electrons. The van der Waals surface area contributed by atoms with E-state index >= 15 is 0 Å². The van der Waals surface area contributed by atoms with Gasteiger partial charge in [-0.05, 0) is 57.3 Å². The molecular formula is C18H25N3O. The molecule has 1 aromatic carbocycles. The largest absolute Gasteiger partial charge is 0.384 e. The fourth-order valence-electron chi connectivity index (χ4n) is 4.40. The Labute approximate surface area is 132 Å². The van der Waals surface area contributed by atoms with Crippen molar-refractivity contribution >= 4 is 11.6 Å². The number of para-hydroxylation sites is 1. The van der Waals surface area contributed by atoms with E-state index in [2.05, 4.69) is 28.2 Å². The Hall–Kier alpha value is -1.55. The van der Waals surface area contributed by atoms with Gasteiger partial charge in [-0.3, -0.25) is 4.79 Å². The first-order valence-corrected chi connectivity index (χ1v) is 8.61. The van der Waals surface area contributed by atoms with Gasteiger partial charge in [-0.15, -0.1) is 0 Å². The molecule has 0 aliphatic carbocycles. The summed E-state index contributed by atoms with van der Waals surface area (Å²) < 4.78 is 0. The highest BCUT2D eigenvalue weighted by Gasteiger charge is 2.40. The molecule has 1 N–H and O–H groups in total. The van der Waals surface area contributed by atoms with Gasteiger partial charge in [0, 0.05) is 25.2 Å². The Morgan fingerprint density at radius 2 is 2.09 bits per heavy atom. The Kier molecular flexibility index (Phi) is 3.57. The minimum absolute atomic E-state index is 0.244. The van der Waals surface area contributed by atoms with Crippen molar-refractivity contribution in [3.05, 3.63) is 29.3 Å². The van der Waals surface area contributed by atoms with E-state index < -0.39 is 0 Å². The average molecular weight is 299 g/mol. The highest BCUT2D eigenvalue weighted by atomic mass is 16.2. The number of aryl methyl sites for hydroxylation is 1. The van der Waals surface area contributed by atoms with Gasteiger partial charge in [0.1, 0.15) is 0 Å². The van der Waals surface area contributed by atoms with E-state index in [-0.39, 0.29) is 5.91 Å². The molecule has 2 fully saturated rings. The van der Waals surface area contributed by atoms with Crippen LogP contribution in [-0.2, 0) is 6.42 Å². The molecule has 2 bridgehead atoms. The van der Waals surface area contributed by atoms with Crippen LogP contribution < -0.4 is 5.32 Å². The fourth-order valence-corrected chi connectivity index (χ4v) is 4.40. The highest BCUT2D eigenvalue weighted by Crippen LogP contribution is 2.34. The maximum atomic E-state index is 13.3. The summed E-state index contributed by atoms with van der Waals surface area (Å²) in [7, 11) is 2.18. The predicted octanol–water partition coefficient (Wildman–Crippen LogP) is 2.35. The second-order valence-electron chi connectivity index (χ2n) is 7.02. The lowest BCUT2D eigenvalue weighted by molar-refractivity contribution is 0.0674. The molecular weight excluding hydrogens is 274 g/mol. The monoisotopic (exact) mass is 299 g/mol. The molecule has 0 saturated carbocycles. The Bertz CT molecular complexity index is 586. The van der Waals surface area contributed by atoms with Crippen molar-refractivity contribution in [3.8, 4) is 0 Å². The summed E-state index contributed by atoms with van der Waals surface area (Å²) in [6, 6.07) is 7.04. The number of fused-ring (bicyclic) bond motifs is 3. The van der Waals surface area contributed by atoms with Gasteiger partial charge < -0.3 is 15.1 Å². The number of hydrogen-bond acceptors (Lipinski definition) is 3. The van der Waals surface area contributed by atoms with E-state index in [4.69, 9.17) is 0 Å². The number of likely N-dealkylation sites (tertiary alicyclic amines) is 1. The first-order valence-electron chi connectivity index (χ1n) is 8.61. The average Bonchev–Trinajstić information content (AvgIpc) is 2.85. The van der Waals surface area contributed by atoms with Crippen LogP contribution in [-0.4, -0.2) is 54.5 Å². The first kappa shape index (κ1) is 14.1. The van der Waals surface area contributed by atoms with Gasteiger partial charge in [0.25, 0.3) is 5.91 Å². The van der Waals surface area contributed by atoms with Gasteiger partial charge in [-0.2, -0.15) is 0 Å². The lowest BCUT2D eigenvalue weighted by Gasteiger charge is -2.30. The van der Waals surface area contributed by atoms with Crippen molar-refractivity contribution in [2.45, 2.75) is 44.2 Å². The third kappa shape index (κ3) is 2.30. The van der Waals surface area contributed by atoms with E-state index in [9.17, 15) is 4.79 Å². The van der Waals surface area contributed by atoms with E-state index in [1.807, 2.05) is 12.1 Å². The molecule has 1 amide bonds. The van der Waals surface area contributed by atoms with Crippen LogP contribution in [0.1, 0.15) is 41.6 Å². The number of carbonyl (C=O) groups excluding carboxylic acids is 1. The number of hydrogen-bond donors (Lipinski definition) is 1. The minimum atomic E-state index is 0.244. The van der Waals surface area contributed by atoms with E-state index in [0.29, 0.717) is 12.1 Å². The third-order valence-electron chi connectivity index (χ3n) is 5.53. The SMILES string of the molecule is CN1CC[C@H]2CC[C@@H](C1)N2C(=O)c1cccc2c1NCCC2. The standard InChI is InChI=1S/C18H25N3O/c1-20-11-9-14-7-8-15(12-20)21(14)18(22)16-6-2-4-13-5-3-10-19-17(13)16/h2,4,6,14-15,19H,3,5,7-12H2,1H3/t14-,15+/m1/s1. The molecule has 0 spiro atoms. The van der Waals surface area contributed by atoms with Gasteiger partial charge in [-0.1, -0.05) is 12.1 Å². The molecule has 118 valence electrons. The molecule has 2 saturated heterocycles. The van der Waals surface area contributed by atoms with Crippen LogP contribution in [0.25, 0.3) is 0 Å². The van der Waals surface area contributed by atoms with Crippen molar-refractivity contribution in [3.63, 3.8) is 0 Å². The van der Waals surface area contributed by atoms with Crippen LogP contribution in [0.2, 0.25) is 0 Å². The van der Waals surface area contributed by atoms with E-state index in [0.717, 1.165) is 56.6 Å². The van der Waals surface area contributed by atoms with Crippen LogP contribution >= 0.6 is 0 Å². The van der Waals surface area contributed by atoms with Gasteiger partial charge in [0.15, 0.2) is 0 Å². The van der Waals surface area contributed by atoms with Crippen molar-refractivity contribution in [2.24, 2.45) is 0 Å². The maximum absolute atomic E-state index is 13.3. The number of benzene rings is 1. The van der Waals surface area contributed by atoms with Crippen molar-refractivity contribution in [1.82, 2.24) is 9.80 Å². The molecule has 3 aliphatic rings. The number of anilines is 1. The van der Waals surface area contributed by atoms with Crippen LogP contribution in [0.15, 0.2) is 18.2 Å². The molecule has 2 atom stereocenters. The number of rotatable bonds is 1. The predicted molar refractivity (Wildman–Crippen MR) is 88.3 cm³/mol. The molecule has 3 heterocycles. The van der Waals surface area contributed by atoms with Gasteiger partial charge in [-0.25, -0.2) is 0 Å². The lowest BCUT2D eigenvalue weighted by Crippen LogP contribution is -2.43. The molecule has 4 rings (SSSR count). The second-order valence-corrected chi connectivity index (χ2v) is 7.02. The third-order valence-corrected chi connectivity index (χ3v) is 5.53. The Morgan fingerprint density at radius 1 is 1.23 bits per heavy atom. The number of likely N-dealkylation sites (N-methyl/N-ethyl adjacent to an activating group) is 1. The van der Waals surface area contributed by atoms with E-state index in [1.165, 1.54) is 12.0 Å². The van der Waals surface area contributed by atoms with Gasteiger partial charge >= 0.3 is 0 Å². The summed E-state index contributed by atoms with van der Waals surface area (Å²) in [5, 5.41) is 3.47. The zero-order valence-electron chi connectivity index (χ0n) is 13.3. The lowest BCUT2D eigenvalue weighted by atomic mass is 9.98. The Balaban J connectivity index is 1.67. The van der Waals surface area contributed by atoms with Crippen molar-refractivity contribution < 1.29 is 4.79 Å². The Morgan fingerprint density at radius 3 is 3.00 bits per heavy atom. The number of carbonyl (C=O) groups is 1. The molecule has 1 aromatic rings. The highest BCUT2D eigenvalue weighted by molar-refractivity contribution is 6.01. The molecule has 22 heavy (non-hydrogen) atoms. The fraction of sp³-hybridized carbons (Fsp3) is 0.611. The topological polar surface area (TPSA) is 35.6 Å². The van der Waals surface area contributed by atoms with E-state index in [1.54, 1.807) is 0 Å². The van der Waals surface area contributed by atoms with Crippen LogP contribution in [0.4, 0.5) is 5.69 Å². The first-order chi connectivity index (χ1) is 10.7. The molecule has 3 aliphatic heterocycles. The van der Waals surface area contributed by atoms with Gasteiger partial charge in [0.05, 0.1) is 11.3 Å². The summed E-state index contributed by atoms with van der Waals surface area (Å²) in [4.78, 5) is 17.8. The van der Waals surface area contributed by atoms with Gasteiger partial charge in [0.2, 0.25) is 0 Å². The van der Waals surface area contributed by atoms with Crippen molar-refractivity contribution in [2.75, 3.05) is 32.0 Å². The van der Waals surface area contributed by atoms with Crippen LogP contribution in [0, 0.1) is 0 Å². The summed E-state index contributed by atoms with van der Waals surface area (Å²) in [6.07, 6.45) is 5.68. The maximum Gasteiger partial charge on any atom is 0.256 e. The normalized spacial score (nSPS) is 28.0. The van der Waals surface area contributed by atoms with Crippen LogP contribution in [0.3, 0.4) is 0 Å².